The highest BCUT2D eigenvalue weighted by atomic mass is 16.4. The van der Waals surface area contributed by atoms with Crippen LogP contribution in [0, 0.1) is 0 Å². The monoisotopic (exact) mass is 283 g/mol. The summed E-state index contributed by atoms with van der Waals surface area (Å²) in [4.78, 5) is 23.3. The molecule has 4 heteroatoms. The van der Waals surface area contributed by atoms with Crippen molar-refractivity contribution in [3.8, 4) is 0 Å². The molecule has 0 amide bonds. The van der Waals surface area contributed by atoms with Crippen LogP contribution in [0.1, 0.15) is 21.5 Å². The minimum atomic E-state index is -1.07. The van der Waals surface area contributed by atoms with Gasteiger partial charge in [-0.1, -0.05) is 54.6 Å². The van der Waals surface area contributed by atoms with Crippen molar-refractivity contribution in [2.45, 2.75) is 18.9 Å². The van der Waals surface area contributed by atoms with Gasteiger partial charge in [0.15, 0.2) is 5.78 Å². The summed E-state index contributed by atoms with van der Waals surface area (Å²) in [6.45, 7) is 0. The number of nitrogens with two attached hydrogens (primary N) is 1. The molecule has 0 spiro atoms. The van der Waals surface area contributed by atoms with Gasteiger partial charge in [-0.25, -0.2) is 0 Å². The Morgan fingerprint density at radius 2 is 1.62 bits per heavy atom. The van der Waals surface area contributed by atoms with E-state index < -0.39 is 12.0 Å². The Balaban J connectivity index is 2.19. The number of carboxylic acids is 1. The highest BCUT2D eigenvalue weighted by Crippen LogP contribution is 2.14. The second-order valence-electron chi connectivity index (χ2n) is 4.89. The van der Waals surface area contributed by atoms with Gasteiger partial charge in [0.25, 0.3) is 0 Å². The first-order chi connectivity index (χ1) is 10.1. The number of hydrogen-bond acceptors (Lipinski definition) is 3. The van der Waals surface area contributed by atoms with Crippen molar-refractivity contribution in [2.24, 2.45) is 5.73 Å². The van der Waals surface area contributed by atoms with Crippen LogP contribution in [0.4, 0.5) is 0 Å². The zero-order valence-corrected chi connectivity index (χ0v) is 11.5. The lowest BCUT2D eigenvalue weighted by molar-refractivity contribution is -0.138. The molecule has 0 bridgehead atoms. The van der Waals surface area contributed by atoms with Crippen LogP contribution in [-0.2, 0) is 17.6 Å². The minimum absolute atomic E-state index is 0.0330. The van der Waals surface area contributed by atoms with Gasteiger partial charge >= 0.3 is 5.97 Å². The molecule has 3 N–H and O–H groups in total. The van der Waals surface area contributed by atoms with Crippen LogP contribution in [0.3, 0.4) is 0 Å². The molecule has 0 radical (unpaired) electrons. The Bertz CT molecular complexity index is 637. The molecule has 2 aromatic carbocycles. The Labute approximate surface area is 123 Å². The quantitative estimate of drug-likeness (QED) is 0.795. The zero-order valence-electron chi connectivity index (χ0n) is 11.5. The summed E-state index contributed by atoms with van der Waals surface area (Å²) in [5, 5.41) is 8.90. The summed E-state index contributed by atoms with van der Waals surface area (Å²) in [7, 11) is 0. The van der Waals surface area contributed by atoms with E-state index in [4.69, 9.17) is 10.8 Å². The SMILES string of the molecule is NC(Cc1ccccc1C(=O)Cc1ccccc1)C(=O)O. The predicted molar refractivity (Wildman–Crippen MR) is 80.2 cm³/mol. The van der Waals surface area contributed by atoms with Crippen molar-refractivity contribution in [1.82, 2.24) is 0 Å². The molecule has 108 valence electrons. The largest absolute Gasteiger partial charge is 0.480 e. The lowest BCUT2D eigenvalue weighted by Gasteiger charge is -2.11. The second kappa shape index (κ2) is 6.81. The molecule has 1 unspecified atom stereocenters. The molecule has 4 nitrogen and oxygen atoms in total. The third-order valence-electron chi connectivity index (χ3n) is 3.28. The van der Waals surface area contributed by atoms with Crippen LogP contribution in [0.2, 0.25) is 0 Å². The number of benzene rings is 2. The maximum absolute atomic E-state index is 12.4. The Kier molecular flexibility index (Phi) is 4.85. The number of Topliss-reactive ketones (excluding diaryl/α,β-unsaturated/α-hetero) is 1. The molecule has 0 fully saturated rings. The first-order valence-corrected chi connectivity index (χ1v) is 6.71. The predicted octanol–water partition coefficient (Wildman–Crippen LogP) is 2.07. The smallest absolute Gasteiger partial charge is 0.320 e. The number of rotatable bonds is 6. The van der Waals surface area contributed by atoms with Gasteiger partial charge in [0, 0.05) is 12.0 Å². The number of hydrogen-bond donors (Lipinski definition) is 2. The van der Waals surface area contributed by atoms with E-state index in [9.17, 15) is 9.59 Å². The minimum Gasteiger partial charge on any atom is -0.480 e. The maximum Gasteiger partial charge on any atom is 0.320 e. The summed E-state index contributed by atoms with van der Waals surface area (Å²) in [6, 6.07) is 15.5. The van der Waals surface area contributed by atoms with E-state index in [1.165, 1.54) is 0 Å². The molecular weight excluding hydrogens is 266 g/mol. The van der Waals surface area contributed by atoms with Gasteiger partial charge in [0.05, 0.1) is 0 Å². The number of carbonyl (C=O) groups is 2. The molecule has 1 atom stereocenters. The molecule has 2 rings (SSSR count). The maximum atomic E-state index is 12.4. The molecule has 0 aliphatic carbocycles. The van der Waals surface area contributed by atoms with E-state index in [-0.39, 0.29) is 12.2 Å². The van der Waals surface area contributed by atoms with Gasteiger partial charge < -0.3 is 10.8 Å². The normalized spacial score (nSPS) is 11.9. The molecule has 0 aromatic heterocycles. The van der Waals surface area contributed by atoms with Gasteiger partial charge in [-0.05, 0) is 17.5 Å². The number of ketones is 1. The average molecular weight is 283 g/mol. The van der Waals surface area contributed by atoms with Gasteiger partial charge in [-0.2, -0.15) is 0 Å². The Morgan fingerprint density at radius 3 is 2.29 bits per heavy atom. The zero-order chi connectivity index (χ0) is 15.2. The molecule has 0 saturated heterocycles. The van der Waals surface area contributed by atoms with Crippen molar-refractivity contribution in [1.29, 1.82) is 0 Å². The molecule has 0 aliphatic rings. The van der Waals surface area contributed by atoms with Crippen LogP contribution >= 0.6 is 0 Å². The highest BCUT2D eigenvalue weighted by molar-refractivity contribution is 5.99. The van der Waals surface area contributed by atoms with E-state index in [1.54, 1.807) is 24.3 Å². The summed E-state index contributed by atoms with van der Waals surface area (Å²) in [5.74, 6) is -1.10. The summed E-state index contributed by atoms with van der Waals surface area (Å²) in [5.41, 5.74) is 7.70. The highest BCUT2D eigenvalue weighted by Gasteiger charge is 2.17. The average Bonchev–Trinajstić information content (AvgIpc) is 2.48. The van der Waals surface area contributed by atoms with Gasteiger partial charge in [0.2, 0.25) is 0 Å². The number of aliphatic carboxylic acids is 1. The lowest BCUT2D eigenvalue weighted by Crippen LogP contribution is -2.32. The van der Waals surface area contributed by atoms with E-state index in [0.29, 0.717) is 17.5 Å². The van der Waals surface area contributed by atoms with Gasteiger partial charge in [0.1, 0.15) is 6.04 Å². The molecule has 0 heterocycles. The fourth-order valence-corrected chi connectivity index (χ4v) is 2.17. The van der Waals surface area contributed by atoms with Crippen LogP contribution < -0.4 is 5.73 Å². The lowest BCUT2D eigenvalue weighted by atomic mass is 9.95. The summed E-state index contributed by atoms with van der Waals surface area (Å²) in [6.07, 6.45) is 0.437. The van der Waals surface area contributed by atoms with Crippen LogP contribution in [0.25, 0.3) is 0 Å². The third-order valence-corrected chi connectivity index (χ3v) is 3.28. The number of carboxylic acid groups (broad SMARTS) is 1. The van der Waals surface area contributed by atoms with Crippen LogP contribution in [0.15, 0.2) is 54.6 Å². The van der Waals surface area contributed by atoms with Crippen molar-refractivity contribution < 1.29 is 14.7 Å². The first-order valence-electron chi connectivity index (χ1n) is 6.71. The fraction of sp³-hybridized carbons (Fsp3) is 0.176. The summed E-state index contributed by atoms with van der Waals surface area (Å²) >= 11 is 0. The van der Waals surface area contributed by atoms with E-state index in [0.717, 1.165) is 5.56 Å². The standard InChI is InChI=1S/C17H17NO3/c18-15(17(20)21)11-13-8-4-5-9-14(13)16(19)10-12-6-2-1-3-7-12/h1-9,15H,10-11,18H2,(H,20,21). The van der Waals surface area contributed by atoms with Gasteiger partial charge in [-0.15, -0.1) is 0 Å². The first kappa shape index (κ1) is 14.9. The number of carbonyl (C=O) groups excluding carboxylic acids is 1. The third kappa shape index (κ3) is 4.00. The molecule has 0 saturated carbocycles. The fourth-order valence-electron chi connectivity index (χ4n) is 2.17. The van der Waals surface area contributed by atoms with E-state index >= 15 is 0 Å². The Morgan fingerprint density at radius 1 is 1.00 bits per heavy atom. The Hall–Kier alpha value is -2.46. The van der Waals surface area contributed by atoms with Crippen molar-refractivity contribution in [2.75, 3.05) is 0 Å². The molecular formula is C17H17NO3. The molecule has 0 aliphatic heterocycles. The van der Waals surface area contributed by atoms with E-state index in [1.807, 2.05) is 30.3 Å². The topological polar surface area (TPSA) is 80.4 Å². The molecule has 2 aromatic rings. The van der Waals surface area contributed by atoms with Gasteiger partial charge in [-0.3, -0.25) is 9.59 Å². The van der Waals surface area contributed by atoms with Crippen LogP contribution in [-0.4, -0.2) is 22.9 Å². The second-order valence-corrected chi connectivity index (χ2v) is 4.89. The summed E-state index contributed by atoms with van der Waals surface area (Å²) < 4.78 is 0. The van der Waals surface area contributed by atoms with Crippen LogP contribution in [0.5, 0.6) is 0 Å². The van der Waals surface area contributed by atoms with Crippen molar-refractivity contribution >= 4 is 11.8 Å². The molecule has 21 heavy (non-hydrogen) atoms. The van der Waals surface area contributed by atoms with Crippen molar-refractivity contribution in [3.63, 3.8) is 0 Å². The van der Waals surface area contributed by atoms with Crippen molar-refractivity contribution in [3.05, 3.63) is 71.3 Å². The van der Waals surface area contributed by atoms with E-state index in [2.05, 4.69) is 0 Å².